The minimum atomic E-state index is -1.29. The molecule has 1 aromatic heterocycles. The molecular weight excluding hydrogens is 262 g/mol. The fourth-order valence-corrected chi connectivity index (χ4v) is 2.40. The largest absolute Gasteiger partial charge is 0.477 e. The Balaban J connectivity index is 2.52. The van der Waals surface area contributed by atoms with E-state index in [9.17, 15) is 14.4 Å². The molecule has 20 heavy (non-hydrogen) atoms. The fraction of sp³-hybridized carbons (Fsp3) is 0.462. The van der Waals surface area contributed by atoms with Gasteiger partial charge < -0.3 is 10.1 Å². The molecular formula is C13H17N3O4. The van der Waals surface area contributed by atoms with E-state index >= 15 is 0 Å². The Morgan fingerprint density at radius 2 is 2.00 bits per heavy atom. The zero-order chi connectivity index (χ0) is 14.7. The van der Waals surface area contributed by atoms with Crippen molar-refractivity contribution in [3.05, 3.63) is 44.8 Å². The average molecular weight is 279 g/mol. The van der Waals surface area contributed by atoms with Crippen LogP contribution in [-0.2, 0) is 13.1 Å². The fourth-order valence-electron chi connectivity index (χ4n) is 2.40. The van der Waals surface area contributed by atoms with Gasteiger partial charge >= 0.3 is 11.7 Å². The molecule has 108 valence electrons. The summed E-state index contributed by atoms with van der Waals surface area (Å²) in [6.45, 7) is 5.46. The highest BCUT2D eigenvalue weighted by molar-refractivity contribution is 5.86. The van der Waals surface area contributed by atoms with Crippen LogP contribution in [0, 0.1) is 0 Å². The van der Waals surface area contributed by atoms with E-state index < -0.39 is 17.2 Å². The van der Waals surface area contributed by atoms with Crippen LogP contribution in [0.4, 0.5) is 0 Å². The summed E-state index contributed by atoms with van der Waals surface area (Å²) in [6, 6.07) is 0. The van der Waals surface area contributed by atoms with Crippen molar-refractivity contribution >= 4 is 5.97 Å². The summed E-state index contributed by atoms with van der Waals surface area (Å²) in [5, 5.41) is 9.15. The molecule has 1 fully saturated rings. The molecule has 0 atom stereocenters. The standard InChI is InChI=1S/C13H17N3O4/c1-2-5-16-11(17)9(8-15-6-3-4-7-15)10(12(18)19)14-13(16)20/h2H,1,3-8H2,(H,14,20)(H,18,19). The van der Waals surface area contributed by atoms with Crippen molar-refractivity contribution < 1.29 is 9.90 Å². The number of H-pyrrole nitrogens is 1. The van der Waals surface area contributed by atoms with Gasteiger partial charge in [-0.1, -0.05) is 6.08 Å². The van der Waals surface area contributed by atoms with Crippen LogP contribution < -0.4 is 11.2 Å². The first-order chi connectivity index (χ1) is 9.54. The molecule has 0 radical (unpaired) electrons. The number of carbonyl (C=O) groups is 1. The number of allylic oxidation sites excluding steroid dienone is 1. The highest BCUT2D eigenvalue weighted by atomic mass is 16.4. The maximum Gasteiger partial charge on any atom is 0.352 e. The smallest absolute Gasteiger partial charge is 0.352 e. The normalized spacial score (nSPS) is 15.4. The number of carboxylic acid groups (broad SMARTS) is 1. The van der Waals surface area contributed by atoms with Gasteiger partial charge in [-0.15, -0.1) is 6.58 Å². The summed E-state index contributed by atoms with van der Waals surface area (Å²) in [4.78, 5) is 39.5. The third-order valence-corrected chi connectivity index (χ3v) is 3.39. The average Bonchev–Trinajstić information content (AvgIpc) is 2.90. The Bertz CT molecular complexity index is 638. The van der Waals surface area contributed by atoms with Crippen molar-refractivity contribution in [3.8, 4) is 0 Å². The van der Waals surface area contributed by atoms with Gasteiger partial charge in [0, 0.05) is 13.1 Å². The van der Waals surface area contributed by atoms with Crippen LogP contribution in [0.25, 0.3) is 0 Å². The lowest BCUT2D eigenvalue weighted by atomic mass is 10.2. The number of aromatic carboxylic acids is 1. The number of carboxylic acids is 1. The van der Waals surface area contributed by atoms with Crippen LogP contribution in [0.15, 0.2) is 22.2 Å². The monoisotopic (exact) mass is 279 g/mol. The van der Waals surface area contributed by atoms with E-state index in [1.807, 2.05) is 4.90 Å². The number of hydrogen-bond acceptors (Lipinski definition) is 4. The van der Waals surface area contributed by atoms with E-state index in [2.05, 4.69) is 11.6 Å². The number of likely N-dealkylation sites (tertiary alicyclic amines) is 1. The summed E-state index contributed by atoms with van der Waals surface area (Å²) in [5.41, 5.74) is -1.47. The lowest BCUT2D eigenvalue weighted by Gasteiger charge is -2.16. The quantitative estimate of drug-likeness (QED) is 0.741. The van der Waals surface area contributed by atoms with Crippen molar-refractivity contribution in [1.29, 1.82) is 0 Å². The third kappa shape index (κ3) is 2.72. The van der Waals surface area contributed by atoms with Crippen molar-refractivity contribution in [1.82, 2.24) is 14.5 Å². The molecule has 0 saturated carbocycles. The second kappa shape index (κ2) is 5.87. The molecule has 1 aliphatic rings. The van der Waals surface area contributed by atoms with E-state index in [-0.39, 0.29) is 24.3 Å². The van der Waals surface area contributed by atoms with Crippen molar-refractivity contribution in [2.45, 2.75) is 25.9 Å². The number of aromatic nitrogens is 2. The highest BCUT2D eigenvalue weighted by Crippen LogP contribution is 2.12. The first kappa shape index (κ1) is 14.3. The molecule has 0 spiro atoms. The predicted molar refractivity (Wildman–Crippen MR) is 73.0 cm³/mol. The van der Waals surface area contributed by atoms with Crippen molar-refractivity contribution in [2.75, 3.05) is 13.1 Å². The molecule has 1 saturated heterocycles. The van der Waals surface area contributed by atoms with E-state index in [0.717, 1.165) is 30.5 Å². The maximum absolute atomic E-state index is 12.3. The van der Waals surface area contributed by atoms with Crippen LogP contribution in [0.1, 0.15) is 28.9 Å². The summed E-state index contributed by atoms with van der Waals surface area (Å²) >= 11 is 0. The molecule has 0 aromatic carbocycles. The van der Waals surface area contributed by atoms with E-state index in [1.54, 1.807) is 0 Å². The maximum atomic E-state index is 12.3. The summed E-state index contributed by atoms with van der Waals surface area (Å²) in [7, 11) is 0. The lowest BCUT2D eigenvalue weighted by molar-refractivity contribution is 0.0686. The molecule has 0 bridgehead atoms. The van der Waals surface area contributed by atoms with Crippen molar-refractivity contribution in [2.24, 2.45) is 0 Å². The molecule has 1 aliphatic heterocycles. The Kier molecular flexibility index (Phi) is 4.19. The van der Waals surface area contributed by atoms with E-state index in [4.69, 9.17) is 5.11 Å². The summed E-state index contributed by atoms with van der Waals surface area (Å²) in [6.07, 6.45) is 3.50. The van der Waals surface area contributed by atoms with Crippen LogP contribution in [0.2, 0.25) is 0 Å². The van der Waals surface area contributed by atoms with Gasteiger partial charge in [0.2, 0.25) is 0 Å². The van der Waals surface area contributed by atoms with Crippen molar-refractivity contribution in [3.63, 3.8) is 0 Å². The second-order valence-electron chi connectivity index (χ2n) is 4.78. The predicted octanol–water partition coefficient (Wildman–Crippen LogP) is 0.0166. The van der Waals surface area contributed by atoms with Gasteiger partial charge in [-0.25, -0.2) is 9.59 Å². The topological polar surface area (TPSA) is 95.4 Å². The van der Waals surface area contributed by atoms with E-state index in [0.29, 0.717) is 0 Å². The van der Waals surface area contributed by atoms with Crippen LogP contribution in [0.3, 0.4) is 0 Å². The number of nitrogens with one attached hydrogen (secondary N) is 1. The van der Waals surface area contributed by atoms with Gasteiger partial charge in [0.1, 0.15) is 5.69 Å². The molecule has 7 heteroatoms. The third-order valence-electron chi connectivity index (χ3n) is 3.39. The first-order valence-corrected chi connectivity index (χ1v) is 6.47. The summed E-state index contributed by atoms with van der Waals surface area (Å²) < 4.78 is 0.963. The highest BCUT2D eigenvalue weighted by Gasteiger charge is 2.22. The molecule has 2 N–H and O–H groups in total. The molecule has 1 aromatic rings. The van der Waals surface area contributed by atoms with Gasteiger partial charge in [0.25, 0.3) is 5.56 Å². The van der Waals surface area contributed by atoms with Crippen LogP contribution >= 0.6 is 0 Å². The van der Waals surface area contributed by atoms with Gasteiger partial charge in [-0.05, 0) is 25.9 Å². The molecule has 2 heterocycles. The van der Waals surface area contributed by atoms with E-state index in [1.165, 1.54) is 6.08 Å². The number of aromatic amines is 1. The Hall–Kier alpha value is -2.15. The molecule has 0 aliphatic carbocycles. The van der Waals surface area contributed by atoms with Gasteiger partial charge in [-0.2, -0.15) is 0 Å². The first-order valence-electron chi connectivity index (χ1n) is 6.47. The van der Waals surface area contributed by atoms with Crippen LogP contribution in [0.5, 0.6) is 0 Å². The lowest BCUT2D eigenvalue weighted by Crippen LogP contribution is -2.41. The number of rotatable bonds is 5. The molecule has 2 rings (SSSR count). The minimum Gasteiger partial charge on any atom is -0.477 e. The van der Waals surface area contributed by atoms with Gasteiger partial charge in [-0.3, -0.25) is 14.3 Å². The number of hydrogen-bond donors (Lipinski definition) is 2. The Labute approximate surface area is 115 Å². The Morgan fingerprint density at radius 1 is 1.35 bits per heavy atom. The van der Waals surface area contributed by atoms with Gasteiger partial charge in [0.15, 0.2) is 0 Å². The summed E-state index contributed by atoms with van der Waals surface area (Å²) in [5.74, 6) is -1.29. The minimum absolute atomic E-state index is 0.0566. The van der Waals surface area contributed by atoms with Gasteiger partial charge in [0.05, 0.1) is 5.56 Å². The zero-order valence-electron chi connectivity index (χ0n) is 11.1. The molecule has 7 nitrogen and oxygen atoms in total. The molecule has 0 unspecified atom stereocenters. The zero-order valence-corrected chi connectivity index (χ0v) is 11.1. The second-order valence-corrected chi connectivity index (χ2v) is 4.78. The number of nitrogens with zero attached hydrogens (tertiary/aromatic N) is 2. The Morgan fingerprint density at radius 3 is 2.55 bits per heavy atom. The molecule has 0 amide bonds. The SMILES string of the molecule is C=CCn1c(=O)[nH]c(C(=O)O)c(CN2CCCC2)c1=O. The van der Waals surface area contributed by atoms with Crippen LogP contribution in [-0.4, -0.2) is 38.6 Å².